The average Bonchev–Trinajstić information content (AvgIpc) is 3.32. The first kappa shape index (κ1) is 28.6. The number of imidazole rings is 1. The molecule has 0 radical (unpaired) electrons. The molecular weight excluding hydrogens is 589 g/mol. The molecule has 7 rings (SSSR count). The largest absolute Gasteiger partial charge is 0.573 e. The minimum absolute atomic E-state index is 0.0441. The predicted molar refractivity (Wildman–Crippen MR) is 164 cm³/mol. The lowest BCUT2D eigenvalue weighted by atomic mass is 9.56. The molecule has 1 saturated carbocycles. The first-order valence-corrected chi connectivity index (χ1v) is 15.2. The number of fused-ring (bicyclic) bond motifs is 2. The van der Waals surface area contributed by atoms with Crippen LogP contribution in [0, 0.1) is 5.41 Å². The van der Waals surface area contributed by atoms with Gasteiger partial charge in [0, 0.05) is 36.5 Å². The fourth-order valence-electron chi connectivity index (χ4n) is 6.83. The molecule has 0 bridgehead atoms. The van der Waals surface area contributed by atoms with Crippen LogP contribution in [0.15, 0.2) is 72.9 Å². The fraction of sp³-hybridized carbons (Fsp3) is 0.324. The maximum absolute atomic E-state index is 13.3. The van der Waals surface area contributed by atoms with Crippen LogP contribution in [0.5, 0.6) is 5.75 Å². The van der Waals surface area contributed by atoms with Gasteiger partial charge in [-0.2, -0.15) is 0 Å². The van der Waals surface area contributed by atoms with E-state index in [1.807, 2.05) is 25.1 Å². The molecule has 3 aromatic heterocycles. The minimum atomic E-state index is -4.68. The van der Waals surface area contributed by atoms with Crippen LogP contribution < -0.4 is 9.64 Å². The molecule has 1 aliphatic heterocycles. The molecule has 2 aliphatic rings. The van der Waals surface area contributed by atoms with Crippen molar-refractivity contribution in [3.05, 3.63) is 100 Å². The average molecular weight is 619 g/mol. The van der Waals surface area contributed by atoms with Crippen molar-refractivity contribution in [2.24, 2.45) is 5.41 Å². The van der Waals surface area contributed by atoms with Gasteiger partial charge in [-0.15, -0.1) is 13.2 Å². The third kappa shape index (κ3) is 5.49. The van der Waals surface area contributed by atoms with Crippen LogP contribution in [0.2, 0.25) is 5.02 Å². The first-order valence-electron chi connectivity index (χ1n) is 14.8. The fourth-order valence-corrected chi connectivity index (χ4v) is 6.99. The molecule has 0 unspecified atom stereocenters. The molecule has 1 saturated heterocycles. The van der Waals surface area contributed by atoms with Gasteiger partial charge in [0.2, 0.25) is 0 Å². The van der Waals surface area contributed by atoms with E-state index < -0.39 is 6.36 Å². The van der Waals surface area contributed by atoms with E-state index in [-0.39, 0.29) is 16.9 Å². The van der Waals surface area contributed by atoms with Crippen molar-refractivity contribution in [2.45, 2.75) is 51.3 Å². The summed E-state index contributed by atoms with van der Waals surface area (Å²) in [7, 11) is 0. The number of carbonyl (C=O) groups is 1. The molecule has 2 aromatic carbocycles. The second kappa shape index (κ2) is 10.8. The number of anilines is 1. The smallest absolute Gasteiger partial charge is 0.406 e. The number of Topliss-reactive ketones (excluding diaryl/α,β-unsaturated/α-hetero) is 1. The number of hydrogen-bond acceptors (Lipinski definition) is 5. The molecule has 0 amide bonds. The molecule has 6 nitrogen and oxygen atoms in total. The lowest BCUT2D eigenvalue weighted by Gasteiger charge is -2.59. The van der Waals surface area contributed by atoms with Gasteiger partial charge in [0.25, 0.3) is 0 Å². The van der Waals surface area contributed by atoms with E-state index in [0.29, 0.717) is 35.9 Å². The predicted octanol–water partition coefficient (Wildman–Crippen LogP) is 8.20. The lowest BCUT2D eigenvalue weighted by molar-refractivity contribution is -0.274. The summed E-state index contributed by atoms with van der Waals surface area (Å²) in [6, 6.07) is 20.2. The highest BCUT2D eigenvalue weighted by Gasteiger charge is 2.52. The van der Waals surface area contributed by atoms with Crippen molar-refractivity contribution in [1.82, 2.24) is 14.4 Å². The van der Waals surface area contributed by atoms with E-state index in [1.165, 1.54) is 12.1 Å². The number of halogens is 4. The molecule has 1 spiro atoms. The summed E-state index contributed by atoms with van der Waals surface area (Å²) in [6.45, 7) is 3.84. The van der Waals surface area contributed by atoms with Gasteiger partial charge in [-0.05, 0) is 91.3 Å². The molecule has 0 atom stereocenters. The van der Waals surface area contributed by atoms with Crippen molar-refractivity contribution in [3.63, 3.8) is 0 Å². The first-order chi connectivity index (χ1) is 21.1. The third-order valence-corrected chi connectivity index (χ3v) is 9.18. The highest BCUT2D eigenvalue weighted by Crippen LogP contribution is 2.56. The number of hydrogen-bond donors (Lipinski definition) is 0. The number of nitrogens with zero attached hydrogens (tertiary/aromatic N) is 4. The Bertz CT molecular complexity index is 1870. The Kier molecular flexibility index (Phi) is 7.03. The molecular formula is C34H30ClF3N4O2. The molecule has 4 heterocycles. The van der Waals surface area contributed by atoms with Crippen molar-refractivity contribution >= 4 is 39.8 Å². The second-order valence-electron chi connectivity index (χ2n) is 12.0. The normalized spacial score (nSPS) is 16.3. The van der Waals surface area contributed by atoms with Crippen LogP contribution >= 0.6 is 11.6 Å². The van der Waals surface area contributed by atoms with Gasteiger partial charge >= 0.3 is 6.36 Å². The molecule has 5 aromatic rings. The van der Waals surface area contributed by atoms with Crippen molar-refractivity contribution in [3.8, 4) is 5.75 Å². The van der Waals surface area contributed by atoms with E-state index in [4.69, 9.17) is 16.6 Å². The summed E-state index contributed by atoms with van der Waals surface area (Å²) in [5, 5.41) is 1.59. The molecule has 0 N–H and O–H groups in total. The zero-order valence-corrected chi connectivity index (χ0v) is 24.8. The Balaban J connectivity index is 0.957. The van der Waals surface area contributed by atoms with Crippen molar-refractivity contribution in [1.29, 1.82) is 0 Å². The molecule has 10 heteroatoms. The van der Waals surface area contributed by atoms with E-state index in [0.717, 1.165) is 65.1 Å². The van der Waals surface area contributed by atoms with Gasteiger partial charge in [-0.25, -0.2) is 9.97 Å². The van der Waals surface area contributed by atoms with Crippen molar-refractivity contribution in [2.75, 3.05) is 18.0 Å². The number of ether oxygens (including phenoxy) is 1. The number of carbonyl (C=O) groups excluding carboxylic acids is 1. The number of ketones is 1. The summed E-state index contributed by atoms with van der Waals surface area (Å²) in [6.07, 6.45) is 0.747. The zero-order chi connectivity index (χ0) is 30.6. The number of pyridine rings is 2. The minimum Gasteiger partial charge on any atom is -0.406 e. The van der Waals surface area contributed by atoms with E-state index in [2.05, 4.69) is 32.8 Å². The maximum atomic E-state index is 13.3. The SMILES string of the molecule is CCc1nc2ccc(Cl)cn2c1C(=O)CCc1ccc2nc(N3CC4(CC(c5ccc(OC(F)(F)F)cc5)C4)C3)ccc2c1. The number of aromatic nitrogens is 3. The van der Waals surface area contributed by atoms with E-state index in [9.17, 15) is 18.0 Å². The summed E-state index contributed by atoms with van der Waals surface area (Å²) >= 11 is 6.19. The van der Waals surface area contributed by atoms with Gasteiger partial charge in [0.1, 0.15) is 22.9 Å². The van der Waals surface area contributed by atoms with Crippen LogP contribution in [-0.2, 0) is 12.8 Å². The Labute approximate surface area is 257 Å². The molecule has 226 valence electrons. The Morgan fingerprint density at radius 3 is 2.52 bits per heavy atom. The molecule has 1 aliphatic carbocycles. The highest BCUT2D eigenvalue weighted by atomic mass is 35.5. The van der Waals surface area contributed by atoms with Crippen LogP contribution in [0.3, 0.4) is 0 Å². The van der Waals surface area contributed by atoms with Gasteiger partial charge in [0.05, 0.1) is 16.2 Å². The summed E-state index contributed by atoms with van der Waals surface area (Å²) in [5.41, 5.74) is 5.40. The number of alkyl halides is 3. The topological polar surface area (TPSA) is 59.7 Å². The monoisotopic (exact) mass is 618 g/mol. The van der Waals surface area contributed by atoms with Crippen LogP contribution in [0.1, 0.15) is 59.4 Å². The summed E-state index contributed by atoms with van der Waals surface area (Å²) in [4.78, 5) is 25.1. The Hall–Kier alpha value is -4.11. The van der Waals surface area contributed by atoms with E-state index in [1.54, 1.807) is 28.8 Å². The van der Waals surface area contributed by atoms with Crippen LogP contribution in [0.4, 0.5) is 19.0 Å². The van der Waals surface area contributed by atoms with Gasteiger partial charge in [-0.1, -0.05) is 36.7 Å². The standard InChI is InChI=1S/C34H30ClF3N4O2/c1-2-27-32(42-18-25(35)8-14-31(42)39-27)29(43)12-4-21-3-11-28-23(15-21)7-13-30(40-28)41-19-33(20-41)16-24(17-33)22-5-9-26(10-6-22)44-34(36,37)38/h3,5-11,13-15,18,24H,2,4,12,16-17,19-20H2,1H3. The Morgan fingerprint density at radius 2 is 1.80 bits per heavy atom. The van der Waals surface area contributed by atoms with E-state index >= 15 is 0 Å². The molecule has 2 fully saturated rings. The van der Waals surface area contributed by atoms with Crippen LogP contribution in [0.25, 0.3) is 16.6 Å². The molecule has 44 heavy (non-hydrogen) atoms. The van der Waals surface area contributed by atoms with Gasteiger partial charge < -0.3 is 9.64 Å². The number of benzene rings is 2. The quantitative estimate of drug-likeness (QED) is 0.164. The number of aryl methyl sites for hydroxylation is 2. The Morgan fingerprint density at radius 1 is 1.02 bits per heavy atom. The highest BCUT2D eigenvalue weighted by molar-refractivity contribution is 6.30. The third-order valence-electron chi connectivity index (χ3n) is 8.95. The zero-order valence-electron chi connectivity index (χ0n) is 24.1. The lowest BCUT2D eigenvalue weighted by Crippen LogP contribution is -2.62. The van der Waals surface area contributed by atoms with Crippen molar-refractivity contribution < 1.29 is 22.7 Å². The summed E-state index contributed by atoms with van der Waals surface area (Å²) in [5.74, 6) is 1.16. The van der Waals surface area contributed by atoms with Gasteiger partial charge in [-0.3, -0.25) is 9.20 Å². The number of rotatable bonds is 8. The second-order valence-corrected chi connectivity index (χ2v) is 12.5. The summed E-state index contributed by atoms with van der Waals surface area (Å²) < 4.78 is 43.1. The van der Waals surface area contributed by atoms with Crippen LogP contribution in [-0.4, -0.2) is 39.6 Å². The van der Waals surface area contributed by atoms with Gasteiger partial charge in [0.15, 0.2) is 5.78 Å². The maximum Gasteiger partial charge on any atom is 0.573 e.